The second kappa shape index (κ2) is 9.15. The van der Waals surface area contributed by atoms with Gasteiger partial charge in [0.25, 0.3) is 0 Å². The van der Waals surface area contributed by atoms with E-state index in [2.05, 4.69) is 153 Å². The largest absolute Gasteiger partial charge is 0.0616 e. The SMILES string of the molecule is CC(C)c1cc2ccc3ccc(-c4c5ccccc5c(-c5ccc6ccccc6c5)c5ccccc45)c4ccc(c1)c2c34. The molecule has 0 N–H and O–H groups in total. The summed E-state index contributed by atoms with van der Waals surface area (Å²) in [6.07, 6.45) is 0. The van der Waals surface area contributed by atoms with Crippen molar-refractivity contribution in [2.24, 2.45) is 0 Å². The van der Waals surface area contributed by atoms with E-state index in [-0.39, 0.29) is 0 Å². The molecule has 0 unspecified atom stereocenters. The van der Waals surface area contributed by atoms with Crippen LogP contribution in [0.25, 0.3) is 86.9 Å². The van der Waals surface area contributed by atoms with Crippen molar-refractivity contribution in [3.8, 4) is 22.3 Å². The molecule has 0 aliphatic heterocycles. The molecule has 9 rings (SSSR count). The lowest BCUT2D eigenvalue weighted by molar-refractivity contribution is 0.870. The van der Waals surface area contributed by atoms with Crippen LogP contribution in [0.5, 0.6) is 0 Å². The molecular formula is C43H30. The number of rotatable bonds is 3. The molecule has 9 aromatic rings. The van der Waals surface area contributed by atoms with E-state index in [0.717, 1.165) is 0 Å². The van der Waals surface area contributed by atoms with Crippen molar-refractivity contribution in [1.29, 1.82) is 0 Å². The smallest absolute Gasteiger partial charge is 0.00201 e. The Labute approximate surface area is 251 Å². The van der Waals surface area contributed by atoms with Crippen molar-refractivity contribution in [2.45, 2.75) is 19.8 Å². The van der Waals surface area contributed by atoms with Crippen LogP contribution in [0.2, 0.25) is 0 Å². The number of hydrogen-bond acceptors (Lipinski definition) is 0. The third-order valence-corrected chi connectivity index (χ3v) is 9.53. The van der Waals surface area contributed by atoms with Crippen LogP contribution >= 0.6 is 0 Å². The molecule has 0 nitrogen and oxygen atoms in total. The van der Waals surface area contributed by atoms with Crippen molar-refractivity contribution in [1.82, 2.24) is 0 Å². The van der Waals surface area contributed by atoms with Crippen LogP contribution in [-0.4, -0.2) is 0 Å². The number of benzene rings is 9. The van der Waals surface area contributed by atoms with Gasteiger partial charge in [-0.2, -0.15) is 0 Å². The second-order valence-corrected chi connectivity index (χ2v) is 12.3. The zero-order valence-electron chi connectivity index (χ0n) is 24.4. The first-order valence-corrected chi connectivity index (χ1v) is 15.3. The topological polar surface area (TPSA) is 0 Å². The van der Waals surface area contributed by atoms with E-state index in [0.29, 0.717) is 5.92 Å². The Morgan fingerprint density at radius 2 is 0.907 bits per heavy atom. The lowest BCUT2D eigenvalue weighted by Crippen LogP contribution is -1.93. The van der Waals surface area contributed by atoms with Gasteiger partial charge in [0.05, 0.1) is 0 Å². The van der Waals surface area contributed by atoms with Gasteiger partial charge in [0, 0.05) is 0 Å². The van der Waals surface area contributed by atoms with E-state index in [1.807, 2.05) is 0 Å². The van der Waals surface area contributed by atoms with Crippen molar-refractivity contribution < 1.29 is 0 Å². The third-order valence-electron chi connectivity index (χ3n) is 9.53. The minimum absolute atomic E-state index is 0.497. The highest BCUT2D eigenvalue weighted by molar-refractivity contribution is 6.29. The zero-order valence-corrected chi connectivity index (χ0v) is 24.4. The molecule has 0 amide bonds. The molecule has 43 heavy (non-hydrogen) atoms. The van der Waals surface area contributed by atoms with E-state index < -0.39 is 0 Å². The van der Waals surface area contributed by atoms with Gasteiger partial charge in [0.2, 0.25) is 0 Å². The molecule has 0 aliphatic rings. The predicted octanol–water partition coefficient (Wildman–Crippen LogP) is 12.5. The predicted molar refractivity (Wildman–Crippen MR) is 188 cm³/mol. The van der Waals surface area contributed by atoms with Gasteiger partial charge < -0.3 is 0 Å². The van der Waals surface area contributed by atoms with E-state index in [1.165, 1.54) is 92.5 Å². The quantitative estimate of drug-likeness (QED) is 0.153. The van der Waals surface area contributed by atoms with Gasteiger partial charge in [-0.25, -0.2) is 0 Å². The Bertz CT molecular complexity index is 2450. The first-order chi connectivity index (χ1) is 21.2. The molecule has 9 aromatic carbocycles. The van der Waals surface area contributed by atoms with E-state index in [4.69, 9.17) is 0 Å². The average molecular weight is 547 g/mol. The molecule has 0 aromatic heterocycles. The number of fused-ring (bicyclic) bond motifs is 3. The fraction of sp³-hybridized carbons (Fsp3) is 0.0698. The van der Waals surface area contributed by atoms with Crippen LogP contribution in [0, 0.1) is 0 Å². The summed E-state index contributed by atoms with van der Waals surface area (Å²) in [6, 6.07) is 52.3. The summed E-state index contributed by atoms with van der Waals surface area (Å²) in [6.45, 7) is 4.56. The summed E-state index contributed by atoms with van der Waals surface area (Å²) in [5.74, 6) is 0.497. The molecule has 0 spiro atoms. The molecule has 202 valence electrons. The summed E-state index contributed by atoms with van der Waals surface area (Å²) in [5, 5.41) is 15.7. The Kier molecular flexibility index (Phi) is 5.19. The van der Waals surface area contributed by atoms with Gasteiger partial charge in [-0.1, -0.05) is 147 Å². The standard InChI is InChI=1S/C43H30/c1-26(2)33-24-30-18-16-28-19-21-39(38-22-20-31(25-33)40(30)42(28)38)43-36-13-7-5-11-34(36)41(35-12-6-8-14-37(35)43)32-17-15-27-9-3-4-10-29(27)23-32/h3-26H,1-2H3. The van der Waals surface area contributed by atoms with Crippen LogP contribution in [0.1, 0.15) is 25.3 Å². The lowest BCUT2D eigenvalue weighted by atomic mass is 9.83. The number of hydrogen-bond donors (Lipinski definition) is 0. The van der Waals surface area contributed by atoms with Crippen LogP contribution < -0.4 is 0 Å². The van der Waals surface area contributed by atoms with Gasteiger partial charge >= 0.3 is 0 Å². The second-order valence-electron chi connectivity index (χ2n) is 12.3. The summed E-state index contributed by atoms with van der Waals surface area (Å²) < 4.78 is 0. The Morgan fingerprint density at radius 1 is 0.372 bits per heavy atom. The zero-order chi connectivity index (χ0) is 28.7. The lowest BCUT2D eigenvalue weighted by Gasteiger charge is -2.20. The van der Waals surface area contributed by atoms with Gasteiger partial charge in [-0.3, -0.25) is 0 Å². The van der Waals surface area contributed by atoms with E-state index in [1.54, 1.807) is 0 Å². The molecule has 0 saturated heterocycles. The van der Waals surface area contributed by atoms with Crippen LogP contribution in [0.4, 0.5) is 0 Å². The maximum atomic E-state index is 2.39. The van der Waals surface area contributed by atoms with E-state index >= 15 is 0 Å². The fourth-order valence-electron chi connectivity index (χ4n) is 7.47. The summed E-state index contributed by atoms with van der Waals surface area (Å²) in [5.41, 5.74) is 6.57. The van der Waals surface area contributed by atoms with Crippen molar-refractivity contribution >= 4 is 64.6 Å². The minimum Gasteiger partial charge on any atom is -0.0616 e. The maximum absolute atomic E-state index is 2.39. The first kappa shape index (κ1) is 24.4. The molecule has 0 heterocycles. The van der Waals surface area contributed by atoms with Gasteiger partial charge in [-0.05, 0) is 104 Å². The summed E-state index contributed by atoms with van der Waals surface area (Å²) in [4.78, 5) is 0. The molecule has 0 bridgehead atoms. The van der Waals surface area contributed by atoms with Crippen molar-refractivity contribution in [3.63, 3.8) is 0 Å². The Balaban J connectivity index is 1.41. The monoisotopic (exact) mass is 546 g/mol. The van der Waals surface area contributed by atoms with Gasteiger partial charge in [-0.15, -0.1) is 0 Å². The molecule has 0 fully saturated rings. The maximum Gasteiger partial charge on any atom is -0.00201 e. The molecule has 0 aliphatic carbocycles. The van der Waals surface area contributed by atoms with Crippen molar-refractivity contribution in [2.75, 3.05) is 0 Å². The van der Waals surface area contributed by atoms with E-state index in [9.17, 15) is 0 Å². The van der Waals surface area contributed by atoms with Crippen molar-refractivity contribution in [3.05, 3.63) is 145 Å². The minimum atomic E-state index is 0.497. The highest BCUT2D eigenvalue weighted by Crippen LogP contribution is 2.47. The third kappa shape index (κ3) is 3.57. The fourth-order valence-corrected chi connectivity index (χ4v) is 7.47. The Morgan fingerprint density at radius 3 is 1.58 bits per heavy atom. The molecule has 0 atom stereocenters. The summed E-state index contributed by atoms with van der Waals surface area (Å²) in [7, 11) is 0. The average Bonchev–Trinajstić information content (AvgIpc) is 3.05. The summed E-state index contributed by atoms with van der Waals surface area (Å²) >= 11 is 0. The molecule has 0 saturated carbocycles. The normalized spacial score (nSPS) is 12.2. The Hall–Kier alpha value is -5.20. The first-order valence-electron chi connectivity index (χ1n) is 15.3. The highest BCUT2D eigenvalue weighted by atomic mass is 14.2. The van der Waals surface area contributed by atoms with Gasteiger partial charge in [0.15, 0.2) is 0 Å². The van der Waals surface area contributed by atoms with Crippen LogP contribution in [0.3, 0.4) is 0 Å². The molecular weight excluding hydrogens is 516 g/mol. The molecule has 0 radical (unpaired) electrons. The molecule has 0 heteroatoms. The van der Waals surface area contributed by atoms with Crippen LogP contribution in [0.15, 0.2) is 140 Å². The van der Waals surface area contributed by atoms with Gasteiger partial charge in [0.1, 0.15) is 0 Å². The van der Waals surface area contributed by atoms with Crippen LogP contribution in [-0.2, 0) is 0 Å². The highest BCUT2D eigenvalue weighted by Gasteiger charge is 2.20.